The first-order chi connectivity index (χ1) is 8.37. The number of benzene rings is 1. The maximum atomic E-state index is 13.6. The first kappa shape index (κ1) is 12.9. The molecule has 18 heavy (non-hydrogen) atoms. The predicted octanol–water partition coefficient (Wildman–Crippen LogP) is 3.51. The molecule has 0 saturated heterocycles. The summed E-state index contributed by atoms with van der Waals surface area (Å²) in [7, 11) is 0. The first-order valence-corrected chi connectivity index (χ1v) is 6.17. The maximum Gasteiger partial charge on any atom is 0.335 e. The third kappa shape index (κ3) is 2.81. The van der Waals surface area contributed by atoms with Gasteiger partial charge in [0.25, 0.3) is 0 Å². The van der Waals surface area contributed by atoms with Crippen LogP contribution in [0.2, 0.25) is 0 Å². The van der Waals surface area contributed by atoms with Crippen molar-refractivity contribution in [2.75, 3.05) is 5.32 Å². The van der Waals surface area contributed by atoms with Crippen LogP contribution in [0.25, 0.3) is 0 Å². The van der Waals surface area contributed by atoms with E-state index in [1.54, 1.807) is 0 Å². The molecule has 1 fully saturated rings. The fourth-order valence-electron chi connectivity index (χ4n) is 2.55. The lowest BCUT2D eigenvalue weighted by atomic mass is 9.92. The van der Waals surface area contributed by atoms with Crippen molar-refractivity contribution >= 4 is 11.7 Å². The second-order valence-corrected chi connectivity index (χ2v) is 5.75. The zero-order valence-corrected chi connectivity index (χ0v) is 10.7. The summed E-state index contributed by atoms with van der Waals surface area (Å²) in [4.78, 5) is 10.9. The fraction of sp³-hybridized carbons (Fsp3) is 0.500. The lowest BCUT2D eigenvalue weighted by Crippen LogP contribution is -2.18. The van der Waals surface area contributed by atoms with E-state index in [0.717, 1.165) is 19.3 Å². The van der Waals surface area contributed by atoms with Crippen molar-refractivity contribution in [1.29, 1.82) is 0 Å². The predicted molar refractivity (Wildman–Crippen MR) is 68.4 cm³/mol. The molecule has 1 aromatic carbocycles. The van der Waals surface area contributed by atoms with Gasteiger partial charge in [-0.05, 0) is 42.9 Å². The summed E-state index contributed by atoms with van der Waals surface area (Å²) in [6.45, 7) is 4.39. The molecule has 0 heterocycles. The van der Waals surface area contributed by atoms with Crippen molar-refractivity contribution in [2.24, 2.45) is 5.41 Å². The zero-order chi connectivity index (χ0) is 13.3. The molecular formula is C14H18FNO2. The molecule has 1 aromatic rings. The Morgan fingerprint density at radius 2 is 2.22 bits per heavy atom. The summed E-state index contributed by atoms with van der Waals surface area (Å²) in [6.07, 6.45) is 3.07. The van der Waals surface area contributed by atoms with E-state index >= 15 is 0 Å². The molecule has 1 atom stereocenters. The van der Waals surface area contributed by atoms with Gasteiger partial charge >= 0.3 is 5.97 Å². The van der Waals surface area contributed by atoms with Crippen LogP contribution in [0.1, 0.15) is 43.5 Å². The highest BCUT2D eigenvalue weighted by molar-refractivity contribution is 5.88. The van der Waals surface area contributed by atoms with E-state index in [4.69, 9.17) is 5.11 Å². The Morgan fingerprint density at radius 1 is 1.50 bits per heavy atom. The van der Waals surface area contributed by atoms with Crippen LogP contribution in [-0.4, -0.2) is 17.1 Å². The van der Waals surface area contributed by atoms with Crippen molar-refractivity contribution in [3.63, 3.8) is 0 Å². The molecule has 2 rings (SSSR count). The Labute approximate surface area is 106 Å². The molecule has 1 aliphatic carbocycles. The number of halogens is 1. The maximum absolute atomic E-state index is 13.6. The van der Waals surface area contributed by atoms with Gasteiger partial charge in [0, 0.05) is 6.04 Å². The van der Waals surface area contributed by atoms with Gasteiger partial charge in [0.05, 0.1) is 11.3 Å². The van der Waals surface area contributed by atoms with E-state index in [1.807, 2.05) is 0 Å². The first-order valence-electron chi connectivity index (χ1n) is 6.17. The highest BCUT2D eigenvalue weighted by Gasteiger charge is 2.31. The average Bonchev–Trinajstić information content (AvgIpc) is 2.61. The van der Waals surface area contributed by atoms with E-state index in [2.05, 4.69) is 19.2 Å². The second kappa shape index (κ2) is 4.59. The molecule has 1 unspecified atom stereocenters. The number of carboxylic acid groups (broad SMARTS) is 1. The molecule has 1 aliphatic rings. The SMILES string of the molecule is CC1(C)CCC(Nc2cc(C(=O)O)ccc2F)C1. The molecule has 0 spiro atoms. The molecule has 0 bridgehead atoms. The molecule has 98 valence electrons. The summed E-state index contributed by atoms with van der Waals surface area (Å²) >= 11 is 0. The number of nitrogens with one attached hydrogen (secondary N) is 1. The molecule has 4 heteroatoms. The summed E-state index contributed by atoms with van der Waals surface area (Å²) in [5.41, 5.74) is 0.673. The number of carbonyl (C=O) groups is 1. The number of hydrogen-bond donors (Lipinski definition) is 2. The lowest BCUT2D eigenvalue weighted by molar-refractivity contribution is 0.0697. The van der Waals surface area contributed by atoms with Crippen LogP contribution in [0.3, 0.4) is 0 Å². The van der Waals surface area contributed by atoms with Gasteiger partial charge in [0.2, 0.25) is 0 Å². The highest BCUT2D eigenvalue weighted by Crippen LogP contribution is 2.38. The topological polar surface area (TPSA) is 49.3 Å². The third-order valence-electron chi connectivity index (χ3n) is 3.54. The van der Waals surface area contributed by atoms with Gasteiger partial charge in [-0.2, -0.15) is 0 Å². The fourth-order valence-corrected chi connectivity index (χ4v) is 2.55. The van der Waals surface area contributed by atoms with Gasteiger partial charge in [-0.3, -0.25) is 0 Å². The highest BCUT2D eigenvalue weighted by atomic mass is 19.1. The van der Waals surface area contributed by atoms with Crippen molar-refractivity contribution in [3.8, 4) is 0 Å². The Bertz CT molecular complexity index is 471. The minimum atomic E-state index is -1.04. The quantitative estimate of drug-likeness (QED) is 0.864. The third-order valence-corrected chi connectivity index (χ3v) is 3.54. The lowest BCUT2D eigenvalue weighted by Gasteiger charge is -2.19. The average molecular weight is 251 g/mol. The molecule has 3 nitrogen and oxygen atoms in total. The Morgan fingerprint density at radius 3 is 2.78 bits per heavy atom. The molecule has 0 radical (unpaired) electrons. The molecule has 1 saturated carbocycles. The van der Waals surface area contributed by atoms with Crippen LogP contribution in [0.4, 0.5) is 10.1 Å². The summed E-state index contributed by atoms with van der Waals surface area (Å²) < 4.78 is 13.6. The molecule has 0 aliphatic heterocycles. The Balaban J connectivity index is 2.14. The monoisotopic (exact) mass is 251 g/mol. The normalized spacial score (nSPS) is 21.8. The molecule has 0 aromatic heterocycles. The minimum absolute atomic E-state index is 0.108. The smallest absolute Gasteiger partial charge is 0.335 e. The summed E-state index contributed by atoms with van der Waals surface area (Å²) in [5.74, 6) is -1.44. The number of carboxylic acids is 1. The van der Waals surface area contributed by atoms with Gasteiger partial charge < -0.3 is 10.4 Å². The molecule has 0 amide bonds. The number of anilines is 1. The van der Waals surface area contributed by atoms with Crippen molar-refractivity contribution in [3.05, 3.63) is 29.6 Å². The van der Waals surface area contributed by atoms with E-state index in [1.165, 1.54) is 18.2 Å². The second-order valence-electron chi connectivity index (χ2n) is 5.75. The number of aromatic carboxylic acids is 1. The molecular weight excluding hydrogens is 233 g/mol. The van der Waals surface area contributed by atoms with Crippen LogP contribution < -0.4 is 5.32 Å². The van der Waals surface area contributed by atoms with Crippen LogP contribution in [0, 0.1) is 11.2 Å². The van der Waals surface area contributed by atoms with Gasteiger partial charge in [0.1, 0.15) is 5.82 Å². The van der Waals surface area contributed by atoms with Gasteiger partial charge in [-0.15, -0.1) is 0 Å². The number of hydrogen-bond acceptors (Lipinski definition) is 2. The van der Waals surface area contributed by atoms with Crippen molar-refractivity contribution in [1.82, 2.24) is 0 Å². The van der Waals surface area contributed by atoms with Gasteiger partial charge in [0.15, 0.2) is 0 Å². The molecule has 2 N–H and O–H groups in total. The van der Waals surface area contributed by atoms with E-state index in [0.29, 0.717) is 0 Å². The summed E-state index contributed by atoms with van der Waals surface area (Å²) in [6, 6.07) is 4.06. The van der Waals surface area contributed by atoms with E-state index < -0.39 is 11.8 Å². The van der Waals surface area contributed by atoms with Crippen molar-refractivity contribution < 1.29 is 14.3 Å². The Hall–Kier alpha value is -1.58. The summed E-state index contributed by atoms with van der Waals surface area (Å²) in [5, 5.41) is 12.0. The van der Waals surface area contributed by atoms with E-state index in [-0.39, 0.29) is 22.7 Å². The van der Waals surface area contributed by atoms with Crippen LogP contribution >= 0.6 is 0 Å². The zero-order valence-electron chi connectivity index (χ0n) is 10.7. The number of rotatable bonds is 3. The van der Waals surface area contributed by atoms with Crippen LogP contribution in [0.15, 0.2) is 18.2 Å². The Kier molecular flexibility index (Phi) is 3.28. The largest absolute Gasteiger partial charge is 0.478 e. The minimum Gasteiger partial charge on any atom is -0.478 e. The van der Waals surface area contributed by atoms with Crippen LogP contribution in [0.5, 0.6) is 0 Å². The standard InChI is InChI=1S/C14H18FNO2/c1-14(2)6-5-10(8-14)16-12-7-9(13(17)18)3-4-11(12)15/h3-4,7,10,16H,5-6,8H2,1-2H3,(H,17,18). The van der Waals surface area contributed by atoms with E-state index in [9.17, 15) is 9.18 Å². The van der Waals surface area contributed by atoms with Crippen LogP contribution in [-0.2, 0) is 0 Å². The van der Waals surface area contributed by atoms with Gasteiger partial charge in [-0.1, -0.05) is 13.8 Å². The van der Waals surface area contributed by atoms with Crippen molar-refractivity contribution in [2.45, 2.75) is 39.2 Å². The van der Waals surface area contributed by atoms with Gasteiger partial charge in [-0.25, -0.2) is 9.18 Å².